The number of ether oxygens (including phenoxy) is 5. The molecule has 7 bridgehead atoms. The quantitative estimate of drug-likeness (QED) is 0.450. The number of carbonyl (C=O) groups is 2. The highest BCUT2D eigenvalue weighted by atomic mass is 16.6. The van der Waals surface area contributed by atoms with Crippen LogP contribution >= 0.6 is 0 Å². The summed E-state index contributed by atoms with van der Waals surface area (Å²) >= 11 is 0. The summed E-state index contributed by atoms with van der Waals surface area (Å²) in [7, 11) is 5.25. The van der Waals surface area contributed by atoms with Crippen molar-refractivity contribution in [2.45, 2.75) is 82.8 Å². The highest BCUT2D eigenvalue weighted by molar-refractivity contribution is 5.90. The molecule has 1 aromatic rings. The number of piperidine rings is 1. The normalized spacial score (nSPS) is 47.1. The SMILES string of the molecule is CCN1C[C@]2(C)CC[C@H](OC)[C@@]34[C@@H]5C[C@H]6[C@H](OC(C)=O)[C@@H]5[C@](OC(=O)c5ccc(OC)cc5)(C[C@@H]6OC)[C@@H](C[C@H]23)[C@@H]14. The van der Waals surface area contributed by atoms with E-state index in [9.17, 15) is 9.59 Å². The van der Waals surface area contributed by atoms with E-state index in [1.54, 1.807) is 38.5 Å². The van der Waals surface area contributed by atoms with E-state index >= 15 is 0 Å². The van der Waals surface area contributed by atoms with Crippen molar-refractivity contribution in [2.75, 3.05) is 34.4 Å². The van der Waals surface area contributed by atoms with Crippen molar-refractivity contribution in [3.8, 4) is 5.75 Å². The van der Waals surface area contributed by atoms with Gasteiger partial charge in [0, 0.05) is 63.3 Å². The molecule has 0 unspecified atom stereocenters. The van der Waals surface area contributed by atoms with Crippen LogP contribution in [-0.4, -0.2) is 81.2 Å². The summed E-state index contributed by atoms with van der Waals surface area (Å²) in [5, 5.41) is 0. The molecule has 224 valence electrons. The second-order valence-electron chi connectivity index (χ2n) is 14.0. The van der Waals surface area contributed by atoms with Gasteiger partial charge in [-0.2, -0.15) is 0 Å². The topological polar surface area (TPSA) is 83.5 Å². The second kappa shape index (κ2) is 9.42. The summed E-state index contributed by atoms with van der Waals surface area (Å²) < 4.78 is 31.2. The third-order valence-corrected chi connectivity index (χ3v) is 12.8. The number of esters is 2. The van der Waals surface area contributed by atoms with Gasteiger partial charge in [0.2, 0.25) is 0 Å². The van der Waals surface area contributed by atoms with Gasteiger partial charge in [-0.3, -0.25) is 9.69 Å². The van der Waals surface area contributed by atoms with E-state index in [1.165, 1.54) is 6.92 Å². The first-order valence-electron chi connectivity index (χ1n) is 15.5. The minimum atomic E-state index is -0.806. The van der Waals surface area contributed by atoms with Gasteiger partial charge in [-0.1, -0.05) is 13.8 Å². The number of fused-ring (bicyclic) bond motifs is 2. The average molecular weight is 568 g/mol. The Kier molecular flexibility index (Phi) is 6.35. The van der Waals surface area contributed by atoms with Crippen molar-refractivity contribution in [3.63, 3.8) is 0 Å². The van der Waals surface area contributed by atoms with Crippen LogP contribution in [0.15, 0.2) is 24.3 Å². The average Bonchev–Trinajstić information content (AvgIpc) is 3.41. The van der Waals surface area contributed by atoms with Crippen molar-refractivity contribution < 1.29 is 33.3 Å². The predicted molar refractivity (Wildman–Crippen MR) is 150 cm³/mol. The number of nitrogens with zero attached hydrogens (tertiary/aromatic N) is 1. The Morgan fingerprint density at radius 3 is 2.44 bits per heavy atom. The molecule has 5 saturated carbocycles. The fourth-order valence-corrected chi connectivity index (χ4v) is 11.8. The van der Waals surface area contributed by atoms with Gasteiger partial charge in [0.05, 0.1) is 24.9 Å². The van der Waals surface area contributed by atoms with Crippen molar-refractivity contribution in [1.82, 2.24) is 4.90 Å². The number of hydrogen-bond acceptors (Lipinski definition) is 8. The van der Waals surface area contributed by atoms with Crippen LogP contribution in [0.5, 0.6) is 5.75 Å². The van der Waals surface area contributed by atoms with Crippen LogP contribution in [0.2, 0.25) is 0 Å². The van der Waals surface area contributed by atoms with E-state index in [1.807, 2.05) is 7.11 Å². The molecule has 1 spiro atoms. The molecule has 0 N–H and O–H groups in total. The van der Waals surface area contributed by atoms with Crippen LogP contribution in [0.4, 0.5) is 0 Å². The molecule has 1 heterocycles. The van der Waals surface area contributed by atoms with Crippen LogP contribution in [0.1, 0.15) is 63.2 Å². The highest BCUT2D eigenvalue weighted by Gasteiger charge is 2.84. The van der Waals surface area contributed by atoms with Crippen LogP contribution < -0.4 is 4.74 Å². The number of carbonyl (C=O) groups excluding carboxylic acids is 2. The summed E-state index contributed by atoms with van der Waals surface area (Å²) in [6, 6.07) is 7.39. The Hall–Kier alpha value is -2.16. The standard InChI is InChI=1S/C33H45NO7/c1-7-34-17-31(3)13-12-26(39-6)33-22-14-21-24(38-5)16-32(23(29(33)34)15-25(31)33,27(22)28(21)40-18(2)35)41-30(36)19-8-10-20(37-4)11-9-19/h8-11,21-29H,7,12-17H2,1-6H3/t21-,22-,23+,24+,25-,26+,27-,28+,29-,31+,32+,33-/m1/s1. The van der Waals surface area contributed by atoms with Gasteiger partial charge >= 0.3 is 11.9 Å². The van der Waals surface area contributed by atoms with E-state index in [0.717, 1.165) is 38.8 Å². The molecule has 0 radical (unpaired) electrons. The van der Waals surface area contributed by atoms with Gasteiger partial charge in [-0.25, -0.2) is 4.79 Å². The zero-order chi connectivity index (χ0) is 28.9. The lowest BCUT2D eigenvalue weighted by molar-refractivity contribution is -0.271. The fraction of sp³-hybridized carbons (Fsp3) is 0.758. The van der Waals surface area contributed by atoms with Crippen molar-refractivity contribution in [3.05, 3.63) is 29.8 Å². The molecule has 1 aliphatic heterocycles. The van der Waals surface area contributed by atoms with Gasteiger partial charge in [0.25, 0.3) is 0 Å². The lowest BCUT2D eigenvalue weighted by Crippen LogP contribution is -2.76. The minimum Gasteiger partial charge on any atom is -0.497 e. The van der Waals surface area contributed by atoms with Gasteiger partial charge < -0.3 is 23.7 Å². The summed E-state index contributed by atoms with van der Waals surface area (Å²) in [6.45, 7) is 8.28. The molecular weight excluding hydrogens is 522 g/mol. The van der Waals surface area contributed by atoms with E-state index in [0.29, 0.717) is 23.7 Å². The first-order valence-corrected chi connectivity index (χ1v) is 15.5. The lowest BCUT2D eigenvalue weighted by atomic mass is 9.43. The summed E-state index contributed by atoms with van der Waals surface area (Å²) in [4.78, 5) is 29.4. The maximum absolute atomic E-state index is 14.1. The zero-order valence-electron chi connectivity index (χ0n) is 25.3. The second-order valence-corrected chi connectivity index (χ2v) is 14.0. The third kappa shape index (κ3) is 3.44. The molecule has 6 aliphatic rings. The summed E-state index contributed by atoms with van der Waals surface area (Å²) in [5.41, 5.74) is -0.202. The van der Waals surface area contributed by atoms with Gasteiger partial charge in [-0.15, -0.1) is 0 Å². The molecule has 8 heteroatoms. The molecule has 12 atom stereocenters. The van der Waals surface area contributed by atoms with E-state index in [4.69, 9.17) is 23.7 Å². The molecule has 1 saturated heterocycles. The maximum Gasteiger partial charge on any atom is 0.338 e. The summed E-state index contributed by atoms with van der Waals surface area (Å²) in [6.07, 6.45) is 4.33. The summed E-state index contributed by atoms with van der Waals surface area (Å²) in [5.74, 6) is 0.837. The molecule has 0 amide bonds. The monoisotopic (exact) mass is 567 g/mol. The fourth-order valence-electron chi connectivity index (χ4n) is 11.8. The van der Waals surface area contributed by atoms with E-state index < -0.39 is 5.60 Å². The van der Waals surface area contributed by atoms with Gasteiger partial charge in [0.1, 0.15) is 17.5 Å². The zero-order valence-corrected chi connectivity index (χ0v) is 25.3. The maximum atomic E-state index is 14.1. The Morgan fingerprint density at radius 2 is 1.80 bits per heavy atom. The third-order valence-electron chi connectivity index (χ3n) is 12.8. The van der Waals surface area contributed by atoms with Crippen molar-refractivity contribution in [2.24, 2.45) is 40.4 Å². The Labute approximate surface area is 243 Å². The highest BCUT2D eigenvalue weighted by Crippen LogP contribution is 2.79. The molecule has 8 nitrogen and oxygen atoms in total. The molecule has 1 aromatic carbocycles. The number of benzene rings is 1. The number of rotatable bonds is 7. The first-order chi connectivity index (χ1) is 19.7. The van der Waals surface area contributed by atoms with E-state index in [2.05, 4.69) is 18.7 Å². The van der Waals surface area contributed by atoms with Gasteiger partial charge in [-0.05, 0) is 73.7 Å². The Balaban J connectivity index is 1.42. The molecule has 41 heavy (non-hydrogen) atoms. The smallest absolute Gasteiger partial charge is 0.338 e. The van der Waals surface area contributed by atoms with E-state index in [-0.39, 0.29) is 70.8 Å². The van der Waals surface area contributed by atoms with Crippen LogP contribution in [0.25, 0.3) is 0 Å². The van der Waals surface area contributed by atoms with Crippen molar-refractivity contribution in [1.29, 1.82) is 0 Å². The van der Waals surface area contributed by atoms with Gasteiger partial charge in [0.15, 0.2) is 0 Å². The predicted octanol–water partition coefficient (Wildman–Crippen LogP) is 4.35. The number of methoxy groups -OCH3 is 3. The lowest BCUT2D eigenvalue weighted by Gasteiger charge is -2.69. The van der Waals surface area contributed by atoms with Crippen LogP contribution in [-0.2, 0) is 23.7 Å². The van der Waals surface area contributed by atoms with Crippen molar-refractivity contribution >= 4 is 11.9 Å². The minimum absolute atomic E-state index is 0.0712. The largest absolute Gasteiger partial charge is 0.497 e. The number of hydrogen-bond donors (Lipinski definition) is 0. The first kappa shape index (κ1) is 27.7. The molecule has 6 fully saturated rings. The Bertz CT molecular complexity index is 1220. The Morgan fingerprint density at radius 1 is 1.05 bits per heavy atom. The number of likely N-dealkylation sites (tertiary alicyclic amines) is 1. The van der Waals surface area contributed by atoms with Crippen LogP contribution in [0.3, 0.4) is 0 Å². The molecule has 5 aliphatic carbocycles. The molecule has 7 rings (SSSR count). The molecule has 0 aromatic heterocycles. The molecular formula is C33H45NO7. The van der Waals surface area contributed by atoms with Crippen LogP contribution in [0, 0.1) is 40.4 Å².